The summed E-state index contributed by atoms with van der Waals surface area (Å²) in [6.07, 6.45) is 3.53. The molecule has 2 heterocycles. The Morgan fingerprint density at radius 1 is 1.06 bits per heavy atom. The van der Waals surface area contributed by atoms with E-state index in [1.54, 1.807) is 42.0 Å². The molecule has 0 saturated carbocycles. The first-order chi connectivity index (χ1) is 17.5. The second-order valence-corrected chi connectivity index (χ2v) is 9.82. The fraction of sp³-hybridized carbons (Fsp3) is 0.138. The maximum absolute atomic E-state index is 13.8. The van der Waals surface area contributed by atoms with Gasteiger partial charge in [0.15, 0.2) is 4.80 Å². The Balaban J connectivity index is 1.56. The van der Waals surface area contributed by atoms with Crippen molar-refractivity contribution in [2.45, 2.75) is 18.9 Å². The van der Waals surface area contributed by atoms with E-state index in [9.17, 15) is 14.7 Å². The summed E-state index contributed by atoms with van der Waals surface area (Å²) in [6, 6.07) is 22.5. The van der Waals surface area contributed by atoms with Crippen molar-refractivity contribution in [2.75, 3.05) is 7.11 Å². The third-order valence-corrected chi connectivity index (χ3v) is 7.74. The molecule has 3 aromatic carbocycles. The maximum atomic E-state index is 13.8. The van der Waals surface area contributed by atoms with Gasteiger partial charge in [-0.1, -0.05) is 59.9 Å². The highest BCUT2D eigenvalue weighted by Crippen LogP contribution is 2.41. The van der Waals surface area contributed by atoms with Crippen LogP contribution in [0.1, 0.15) is 45.1 Å². The third kappa shape index (κ3) is 3.69. The Labute approximate surface area is 210 Å². The van der Waals surface area contributed by atoms with Crippen LogP contribution in [0.25, 0.3) is 11.8 Å². The van der Waals surface area contributed by atoms with Crippen molar-refractivity contribution in [2.24, 2.45) is 4.99 Å². The quantitative estimate of drug-likeness (QED) is 0.465. The van der Waals surface area contributed by atoms with E-state index in [4.69, 9.17) is 9.73 Å². The molecule has 0 fully saturated rings. The number of hydrogen-bond donors (Lipinski definition) is 1. The van der Waals surface area contributed by atoms with Crippen LogP contribution in [0, 0.1) is 0 Å². The van der Waals surface area contributed by atoms with Gasteiger partial charge in [-0.3, -0.25) is 9.36 Å². The van der Waals surface area contributed by atoms with Gasteiger partial charge in [-0.15, -0.1) is 0 Å². The molecule has 36 heavy (non-hydrogen) atoms. The molecule has 1 aliphatic carbocycles. The molecule has 6 rings (SSSR count). The Kier molecular flexibility index (Phi) is 5.42. The van der Waals surface area contributed by atoms with Gasteiger partial charge in [0.2, 0.25) is 0 Å². The molecule has 1 N–H and O–H groups in total. The van der Waals surface area contributed by atoms with E-state index < -0.39 is 5.97 Å². The minimum atomic E-state index is -0.980. The fourth-order valence-corrected chi connectivity index (χ4v) is 5.98. The van der Waals surface area contributed by atoms with Crippen molar-refractivity contribution in [1.29, 1.82) is 0 Å². The molecular weight excluding hydrogens is 472 g/mol. The molecule has 6 nitrogen and oxygen atoms in total. The number of aromatic nitrogens is 1. The molecule has 0 bridgehead atoms. The number of carboxylic acid groups (broad SMARTS) is 1. The summed E-state index contributed by atoms with van der Waals surface area (Å²) in [7, 11) is 1.64. The predicted octanol–water partition coefficient (Wildman–Crippen LogP) is 4.03. The summed E-state index contributed by atoms with van der Waals surface area (Å²) in [5.41, 5.74) is 6.37. The van der Waals surface area contributed by atoms with Gasteiger partial charge in [0.25, 0.3) is 5.56 Å². The van der Waals surface area contributed by atoms with Crippen LogP contribution in [-0.2, 0) is 6.42 Å². The summed E-state index contributed by atoms with van der Waals surface area (Å²) in [5, 5.41) is 9.18. The largest absolute Gasteiger partial charge is 0.497 e. The molecule has 2 aliphatic rings. The molecule has 7 heteroatoms. The van der Waals surface area contributed by atoms with Crippen LogP contribution >= 0.6 is 11.3 Å². The number of aromatic carboxylic acids is 1. The molecule has 1 aliphatic heterocycles. The smallest absolute Gasteiger partial charge is 0.335 e. The molecule has 178 valence electrons. The molecule has 4 aromatic rings. The van der Waals surface area contributed by atoms with Gasteiger partial charge in [0.1, 0.15) is 5.75 Å². The van der Waals surface area contributed by atoms with Gasteiger partial charge in [-0.05, 0) is 65.4 Å². The lowest BCUT2D eigenvalue weighted by atomic mass is 9.83. The normalized spacial score (nSPS) is 16.6. The number of allylic oxidation sites excluding steroid dienone is 1. The second kappa shape index (κ2) is 8.77. The zero-order valence-corrected chi connectivity index (χ0v) is 20.3. The highest BCUT2D eigenvalue weighted by Gasteiger charge is 2.32. The zero-order valence-electron chi connectivity index (χ0n) is 19.5. The Morgan fingerprint density at radius 2 is 1.81 bits per heavy atom. The van der Waals surface area contributed by atoms with Crippen molar-refractivity contribution in [3.05, 3.63) is 126 Å². The Morgan fingerprint density at radius 3 is 2.53 bits per heavy atom. The van der Waals surface area contributed by atoms with Gasteiger partial charge >= 0.3 is 5.97 Å². The number of hydrogen-bond acceptors (Lipinski definition) is 5. The highest BCUT2D eigenvalue weighted by molar-refractivity contribution is 7.07. The van der Waals surface area contributed by atoms with Crippen LogP contribution in [0.2, 0.25) is 0 Å². The Bertz CT molecular complexity index is 1710. The number of methoxy groups -OCH3 is 1. The van der Waals surface area contributed by atoms with Gasteiger partial charge in [0, 0.05) is 5.56 Å². The van der Waals surface area contributed by atoms with Crippen LogP contribution in [0.3, 0.4) is 0 Å². The SMILES string of the molecule is COc1ccc(C2C3=C(N=c4sc(=Cc5ccc(C(=O)O)cc5)c(=O)n42)c2ccccc2CC3)cc1. The van der Waals surface area contributed by atoms with Crippen LogP contribution < -0.4 is 19.6 Å². The lowest BCUT2D eigenvalue weighted by Gasteiger charge is -2.30. The first kappa shape index (κ1) is 22.2. The molecule has 0 saturated heterocycles. The first-order valence-corrected chi connectivity index (χ1v) is 12.5. The second-order valence-electron chi connectivity index (χ2n) is 8.81. The first-order valence-electron chi connectivity index (χ1n) is 11.6. The number of aryl methyl sites for hydroxylation is 1. The van der Waals surface area contributed by atoms with Crippen molar-refractivity contribution in [3.8, 4) is 5.75 Å². The predicted molar refractivity (Wildman–Crippen MR) is 139 cm³/mol. The van der Waals surface area contributed by atoms with E-state index in [2.05, 4.69) is 18.2 Å². The monoisotopic (exact) mass is 494 g/mol. The fourth-order valence-electron chi connectivity index (χ4n) is 4.98. The average Bonchev–Trinajstić information content (AvgIpc) is 3.22. The topological polar surface area (TPSA) is 80.9 Å². The van der Waals surface area contributed by atoms with Crippen LogP contribution in [0.5, 0.6) is 5.75 Å². The van der Waals surface area contributed by atoms with Gasteiger partial charge < -0.3 is 9.84 Å². The molecule has 0 spiro atoms. The average molecular weight is 495 g/mol. The number of carbonyl (C=O) groups is 1. The van der Waals surface area contributed by atoms with Gasteiger partial charge in [-0.25, -0.2) is 9.79 Å². The Hall–Kier alpha value is -4.23. The van der Waals surface area contributed by atoms with E-state index >= 15 is 0 Å². The van der Waals surface area contributed by atoms with Crippen LogP contribution in [-0.4, -0.2) is 22.8 Å². The summed E-state index contributed by atoms with van der Waals surface area (Å²) in [4.78, 5) is 30.6. The van der Waals surface area contributed by atoms with Crippen LogP contribution in [0.4, 0.5) is 0 Å². The molecule has 0 amide bonds. The summed E-state index contributed by atoms with van der Waals surface area (Å²) in [6.45, 7) is 0. The number of fused-ring (bicyclic) bond motifs is 3. The molecule has 1 aromatic heterocycles. The van der Waals surface area contributed by atoms with Crippen molar-refractivity contribution in [1.82, 2.24) is 4.57 Å². The minimum Gasteiger partial charge on any atom is -0.497 e. The lowest BCUT2D eigenvalue weighted by Crippen LogP contribution is -2.38. The summed E-state index contributed by atoms with van der Waals surface area (Å²) >= 11 is 1.36. The molecule has 0 radical (unpaired) electrons. The number of benzene rings is 3. The zero-order chi connectivity index (χ0) is 24.8. The van der Waals surface area contributed by atoms with E-state index in [1.807, 2.05) is 30.3 Å². The summed E-state index contributed by atoms with van der Waals surface area (Å²) < 4.78 is 7.72. The van der Waals surface area contributed by atoms with Crippen LogP contribution in [0.15, 0.2) is 88.2 Å². The third-order valence-electron chi connectivity index (χ3n) is 6.76. The van der Waals surface area contributed by atoms with Crippen molar-refractivity contribution in [3.63, 3.8) is 0 Å². The molecule has 1 atom stereocenters. The standard InChI is InChI=1S/C29H22N2O4S/c1-35-21-13-10-19(11-14-21)26-23-15-12-18-4-2-3-5-22(18)25(23)30-29-31(26)27(32)24(36-29)16-17-6-8-20(9-7-17)28(33)34/h2-11,13-14,16,26H,12,15H2,1H3,(H,33,34). The molecular formula is C29H22N2O4S. The number of ether oxygens (including phenoxy) is 1. The maximum Gasteiger partial charge on any atom is 0.335 e. The number of carboxylic acids is 1. The number of thiazole rings is 1. The van der Waals surface area contributed by atoms with Gasteiger partial charge in [-0.2, -0.15) is 0 Å². The van der Waals surface area contributed by atoms with Gasteiger partial charge in [0.05, 0.1) is 28.9 Å². The van der Waals surface area contributed by atoms with Crippen molar-refractivity contribution < 1.29 is 14.6 Å². The number of rotatable bonds is 4. The van der Waals surface area contributed by atoms with E-state index in [-0.39, 0.29) is 17.2 Å². The minimum absolute atomic E-state index is 0.104. The van der Waals surface area contributed by atoms with E-state index in [0.29, 0.717) is 9.33 Å². The number of nitrogens with zero attached hydrogens (tertiary/aromatic N) is 2. The highest BCUT2D eigenvalue weighted by atomic mass is 32.1. The molecule has 1 unspecified atom stereocenters. The van der Waals surface area contributed by atoms with E-state index in [1.165, 1.54) is 16.9 Å². The lowest BCUT2D eigenvalue weighted by molar-refractivity contribution is 0.0697. The van der Waals surface area contributed by atoms with Crippen molar-refractivity contribution >= 4 is 29.1 Å². The van der Waals surface area contributed by atoms with E-state index in [0.717, 1.165) is 46.6 Å². The summed E-state index contributed by atoms with van der Waals surface area (Å²) in [5.74, 6) is -0.217.